The molecule has 1 aromatic rings. The molecule has 0 bridgehead atoms. The first kappa shape index (κ1) is 17.4. The quantitative estimate of drug-likeness (QED) is 0.773. The van der Waals surface area contributed by atoms with Gasteiger partial charge in [0, 0.05) is 18.2 Å². The lowest BCUT2D eigenvalue weighted by Crippen LogP contribution is -2.44. The Morgan fingerprint density at radius 1 is 1.48 bits per heavy atom. The number of anilines is 1. The molecule has 7 heteroatoms. The Kier molecular flexibility index (Phi) is 7.11. The zero-order valence-electron chi connectivity index (χ0n) is 12.0. The van der Waals surface area contributed by atoms with Crippen LogP contribution in [0.4, 0.5) is 5.69 Å². The number of hydrogen-bond donors (Lipinski definition) is 3. The van der Waals surface area contributed by atoms with Crippen LogP contribution in [0.25, 0.3) is 0 Å². The van der Waals surface area contributed by atoms with Crippen molar-refractivity contribution >= 4 is 29.9 Å². The van der Waals surface area contributed by atoms with Crippen molar-refractivity contribution in [1.82, 2.24) is 15.6 Å². The molecule has 0 radical (unpaired) electrons. The standard InChI is InChI=1S/C14H20N4O2.ClH/c1-10-7-11(4-6-16-10)14(20)17-9-13(19)18-12-3-2-5-15-8-12;/h2-3,5,8,10-11,16H,4,6-7,9H2,1H3,(H,17,20)(H,18,19);1H/t10-,11-;/m0./s1. The SMILES string of the molecule is C[C@H]1C[C@@H](C(=O)NCC(=O)Nc2cccnc2)CCN1.Cl. The van der Waals surface area contributed by atoms with Crippen LogP contribution in [-0.4, -0.2) is 35.9 Å². The van der Waals surface area contributed by atoms with Crippen molar-refractivity contribution in [2.45, 2.75) is 25.8 Å². The molecule has 0 aliphatic carbocycles. The molecule has 1 aliphatic heterocycles. The van der Waals surface area contributed by atoms with Gasteiger partial charge in [-0.1, -0.05) is 0 Å². The normalized spacial score (nSPS) is 21.0. The summed E-state index contributed by atoms with van der Waals surface area (Å²) in [5.74, 6) is -0.287. The molecule has 0 aromatic carbocycles. The van der Waals surface area contributed by atoms with E-state index in [2.05, 4.69) is 27.9 Å². The maximum absolute atomic E-state index is 12.0. The van der Waals surface area contributed by atoms with E-state index in [1.165, 1.54) is 0 Å². The van der Waals surface area contributed by atoms with Crippen molar-refractivity contribution in [2.24, 2.45) is 5.92 Å². The molecule has 1 saturated heterocycles. The largest absolute Gasteiger partial charge is 0.347 e. The highest BCUT2D eigenvalue weighted by Gasteiger charge is 2.24. The summed E-state index contributed by atoms with van der Waals surface area (Å²) < 4.78 is 0. The highest BCUT2D eigenvalue weighted by Crippen LogP contribution is 2.15. The maximum atomic E-state index is 12.0. The van der Waals surface area contributed by atoms with E-state index in [4.69, 9.17) is 0 Å². The summed E-state index contributed by atoms with van der Waals surface area (Å²) in [4.78, 5) is 27.6. The summed E-state index contributed by atoms with van der Waals surface area (Å²) in [6.45, 7) is 2.90. The monoisotopic (exact) mass is 312 g/mol. The minimum absolute atomic E-state index is 0. The van der Waals surface area contributed by atoms with E-state index in [0.717, 1.165) is 19.4 Å². The first-order valence-electron chi connectivity index (χ1n) is 6.86. The van der Waals surface area contributed by atoms with Crippen molar-refractivity contribution in [3.05, 3.63) is 24.5 Å². The fourth-order valence-electron chi connectivity index (χ4n) is 2.32. The number of halogens is 1. The van der Waals surface area contributed by atoms with Crippen LogP contribution in [0.3, 0.4) is 0 Å². The number of nitrogens with zero attached hydrogens (tertiary/aromatic N) is 1. The highest BCUT2D eigenvalue weighted by atomic mass is 35.5. The van der Waals surface area contributed by atoms with Gasteiger partial charge in [0.2, 0.25) is 11.8 Å². The summed E-state index contributed by atoms with van der Waals surface area (Å²) in [6.07, 6.45) is 4.83. The summed E-state index contributed by atoms with van der Waals surface area (Å²) in [7, 11) is 0. The van der Waals surface area contributed by atoms with Gasteiger partial charge in [0.25, 0.3) is 0 Å². The van der Waals surface area contributed by atoms with E-state index >= 15 is 0 Å². The average Bonchev–Trinajstić information content (AvgIpc) is 2.46. The predicted octanol–water partition coefficient (Wildman–Crippen LogP) is 0.946. The molecule has 2 heterocycles. The zero-order chi connectivity index (χ0) is 14.4. The van der Waals surface area contributed by atoms with Crippen LogP contribution in [0.1, 0.15) is 19.8 Å². The smallest absolute Gasteiger partial charge is 0.243 e. The van der Waals surface area contributed by atoms with Crippen LogP contribution in [0.15, 0.2) is 24.5 Å². The third-order valence-corrected chi connectivity index (χ3v) is 3.36. The third-order valence-electron chi connectivity index (χ3n) is 3.36. The van der Waals surface area contributed by atoms with E-state index in [1.807, 2.05) is 0 Å². The second kappa shape index (κ2) is 8.59. The molecular weight excluding hydrogens is 292 g/mol. The summed E-state index contributed by atoms with van der Waals surface area (Å²) in [6, 6.07) is 3.84. The number of amides is 2. The van der Waals surface area contributed by atoms with Gasteiger partial charge in [-0.3, -0.25) is 14.6 Å². The number of carbonyl (C=O) groups is 2. The Morgan fingerprint density at radius 2 is 2.29 bits per heavy atom. The van der Waals surface area contributed by atoms with Crippen LogP contribution >= 0.6 is 12.4 Å². The van der Waals surface area contributed by atoms with Crippen LogP contribution in [0.5, 0.6) is 0 Å². The molecule has 0 unspecified atom stereocenters. The van der Waals surface area contributed by atoms with Crippen LogP contribution in [0.2, 0.25) is 0 Å². The first-order valence-corrected chi connectivity index (χ1v) is 6.86. The Labute approximate surface area is 130 Å². The van der Waals surface area contributed by atoms with Crippen LogP contribution in [-0.2, 0) is 9.59 Å². The number of nitrogens with one attached hydrogen (secondary N) is 3. The molecule has 116 valence electrons. The van der Waals surface area contributed by atoms with E-state index < -0.39 is 0 Å². The lowest BCUT2D eigenvalue weighted by Gasteiger charge is -2.26. The van der Waals surface area contributed by atoms with Crippen LogP contribution < -0.4 is 16.0 Å². The summed E-state index contributed by atoms with van der Waals surface area (Å²) in [5.41, 5.74) is 0.627. The second-order valence-electron chi connectivity index (χ2n) is 5.08. The number of pyridine rings is 1. The minimum atomic E-state index is -0.242. The molecule has 2 atom stereocenters. The van der Waals surface area contributed by atoms with Crippen LogP contribution in [0, 0.1) is 5.92 Å². The minimum Gasteiger partial charge on any atom is -0.347 e. The molecule has 2 amide bonds. The number of carbonyl (C=O) groups excluding carboxylic acids is 2. The average molecular weight is 313 g/mol. The van der Waals surface area contributed by atoms with Gasteiger partial charge in [-0.25, -0.2) is 0 Å². The number of aromatic nitrogens is 1. The van der Waals surface area contributed by atoms with Gasteiger partial charge in [0.15, 0.2) is 0 Å². The predicted molar refractivity (Wildman–Crippen MR) is 83.3 cm³/mol. The van der Waals surface area contributed by atoms with E-state index in [-0.39, 0.29) is 36.7 Å². The number of piperidine rings is 1. The lowest BCUT2D eigenvalue weighted by atomic mass is 9.92. The molecule has 1 aliphatic rings. The molecule has 2 rings (SSSR count). The van der Waals surface area contributed by atoms with Gasteiger partial charge in [-0.2, -0.15) is 0 Å². The number of hydrogen-bond acceptors (Lipinski definition) is 4. The molecule has 6 nitrogen and oxygen atoms in total. The molecular formula is C14H21ClN4O2. The molecule has 0 spiro atoms. The fourth-order valence-corrected chi connectivity index (χ4v) is 2.32. The van der Waals surface area contributed by atoms with E-state index in [0.29, 0.717) is 11.7 Å². The second-order valence-corrected chi connectivity index (χ2v) is 5.08. The maximum Gasteiger partial charge on any atom is 0.243 e. The van der Waals surface area contributed by atoms with Gasteiger partial charge < -0.3 is 16.0 Å². The molecule has 1 fully saturated rings. The number of rotatable bonds is 4. The summed E-state index contributed by atoms with van der Waals surface area (Å²) in [5, 5.41) is 8.67. The molecule has 1 aromatic heterocycles. The van der Waals surface area contributed by atoms with Crippen molar-refractivity contribution in [1.29, 1.82) is 0 Å². The zero-order valence-corrected chi connectivity index (χ0v) is 12.8. The van der Waals surface area contributed by atoms with Crippen molar-refractivity contribution < 1.29 is 9.59 Å². The van der Waals surface area contributed by atoms with Gasteiger partial charge in [0.05, 0.1) is 18.4 Å². The van der Waals surface area contributed by atoms with E-state index in [9.17, 15) is 9.59 Å². The molecule has 21 heavy (non-hydrogen) atoms. The van der Waals surface area contributed by atoms with Crippen molar-refractivity contribution in [3.8, 4) is 0 Å². The fraction of sp³-hybridized carbons (Fsp3) is 0.500. The Morgan fingerprint density at radius 3 is 2.95 bits per heavy atom. The van der Waals surface area contributed by atoms with Crippen molar-refractivity contribution in [3.63, 3.8) is 0 Å². The highest BCUT2D eigenvalue weighted by molar-refractivity contribution is 5.94. The van der Waals surface area contributed by atoms with Gasteiger partial charge in [-0.05, 0) is 38.4 Å². The van der Waals surface area contributed by atoms with Gasteiger partial charge in [-0.15, -0.1) is 12.4 Å². The van der Waals surface area contributed by atoms with Crippen molar-refractivity contribution in [2.75, 3.05) is 18.4 Å². The van der Waals surface area contributed by atoms with Gasteiger partial charge in [0.1, 0.15) is 0 Å². The topological polar surface area (TPSA) is 83.1 Å². The first-order chi connectivity index (χ1) is 9.65. The molecule has 3 N–H and O–H groups in total. The third kappa shape index (κ3) is 5.69. The summed E-state index contributed by atoms with van der Waals surface area (Å²) >= 11 is 0. The molecule has 0 saturated carbocycles. The lowest BCUT2D eigenvalue weighted by molar-refractivity contribution is -0.128. The Hall–Kier alpha value is -1.66. The Bertz CT molecular complexity index is 469. The van der Waals surface area contributed by atoms with E-state index in [1.54, 1.807) is 24.5 Å². The van der Waals surface area contributed by atoms with Gasteiger partial charge >= 0.3 is 0 Å². The Balaban J connectivity index is 0.00000220.